The lowest BCUT2D eigenvalue weighted by molar-refractivity contribution is 0.0306. The fourth-order valence-electron chi connectivity index (χ4n) is 3.57. The molecule has 3 rings (SSSR count). The number of rotatable bonds is 3. The van der Waals surface area contributed by atoms with E-state index in [0.717, 1.165) is 31.2 Å². The van der Waals surface area contributed by atoms with E-state index in [1.54, 1.807) is 12.1 Å². The lowest BCUT2D eigenvalue weighted by Gasteiger charge is -2.37. The van der Waals surface area contributed by atoms with Crippen LogP contribution in [0, 0.1) is 0 Å². The number of benzene rings is 1. The predicted octanol–water partition coefficient (Wildman–Crippen LogP) is 1.87. The first-order chi connectivity index (χ1) is 9.15. The summed E-state index contributed by atoms with van der Waals surface area (Å²) >= 11 is 0. The van der Waals surface area contributed by atoms with Crippen molar-refractivity contribution in [1.29, 1.82) is 0 Å². The lowest BCUT2D eigenvalue weighted by atomic mass is 9.98. The van der Waals surface area contributed by atoms with Crippen LogP contribution < -0.4 is 0 Å². The molecule has 0 amide bonds. The standard InChI is InChI=1S/C15H19NO3/c17-13-7-11-5-6-12(8-13)16(11)9-10-3-1-2-4-14(10)15(18)19/h1-4,11-13,17H,5-9H2,(H,18,19). The molecule has 0 saturated carbocycles. The Morgan fingerprint density at radius 1 is 1.21 bits per heavy atom. The third-order valence-electron chi connectivity index (χ3n) is 4.46. The maximum Gasteiger partial charge on any atom is 0.336 e. The van der Waals surface area contributed by atoms with Gasteiger partial charge in [-0.2, -0.15) is 0 Å². The minimum Gasteiger partial charge on any atom is -0.478 e. The van der Waals surface area contributed by atoms with E-state index in [4.69, 9.17) is 0 Å². The molecule has 19 heavy (non-hydrogen) atoms. The first kappa shape index (κ1) is 12.6. The SMILES string of the molecule is O=C(O)c1ccccc1CN1C2CCC1CC(O)C2. The van der Waals surface area contributed by atoms with Gasteiger partial charge in [0.1, 0.15) is 0 Å². The van der Waals surface area contributed by atoms with Gasteiger partial charge in [0.2, 0.25) is 0 Å². The number of aliphatic hydroxyl groups is 1. The molecule has 2 N–H and O–H groups in total. The summed E-state index contributed by atoms with van der Waals surface area (Å²) in [5, 5.41) is 19.0. The number of aromatic carboxylic acids is 1. The molecule has 2 aliphatic rings. The zero-order valence-corrected chi connectivity index (χ0v) is 10.8. The Balaban J connectivity index is 1.81. The highest BCUT2D eigenvalue weighted by Crippen LogP contribution is 2.37. The zero-order valence-electron chi connectivity index (χ0n) is 10.8. The largest absolute Gasteiger partial charge is 0.478 e. The third-order valence-corrected chi connectivity index (χ3v) is 4.46. The molecule has 4 nitrogen and oxygen atoms in total. The zero-order chi connectivity index (χ0) is 13.4. The van der Waals surface area contributed by atoms with Crippen LogP contribution in [0.5, 0.6) is 0 Å². The normalized spacial score (nSPS) is 30.5. The van der Waals surface area contributed by atoms with E-state index in [-0.39, 0.29) is 6.10 Å². The van der Waals surface area contributed by atoms with Crippen molar-refractivity contribution in [3.05, 3.63) is 35.4 Å². The molecule has 2 fully saturated rings. The van der Waals surface area contributed by atoms with Crippen molar-refractivity contribution < 1.29 is 15.0 Å². The fraction of sp³-hybridized carbons (Fsp3) is 0.533. The maximum atomic E-state index is 11.2. The molecule has 2 atom stereocenters. The second kappa shape index (κ2) is 4.94. The number of carboxylic acid groups (broad SMARTS) is 1. The Bertz CT molecular complexity index is 474. The second-order valence-corrected chi connectivity index (χ2v) is 5.64. The Kier molecular flexibility index (Phi) is 3.29. The van der Waals surface area contributed by atoms with Gasteiger partial charge in [-0.05, 0) is 37.3 Å². The van der Waals surface area contributed by atoms with E-state index in [1.807, 2.05) is 12.1 Å². The monoisotopic (exact) mass is 261 g/mol. The minimum atomic E-state index is -0.861. The van der Waals surface area contributed by atoms with E-state index in [2.05, 4.69) is 4.90 Å². The first-order valence-corrected chi connectivity index (χ1v) is 6.90. The fourth-order valence-corrected chi connectivity index (χ4v) is 3.57. The van der Waals surface area contributed by atoms with Gasteiger partial charge in [0.25, 0.3) is 0 Å². The number of fused-ring (bicyclic) bond motifs is 2. The Hall–Kier alpha value is -1.39. The van der Waals surface area contributed by atoms with Gasteiger partial charge in [0, 0.05) is 18.6 Å². The lowest BCUT2D eigenvalue weighted by Crippen LogP contribution is -2.44. The van der Waals surface area contributed by atoms with Crippen molar-refractivity contribution in [2.45, 2.75) is 50.4 Å². The van der Waals surface area contributed by atoms with E-state index < -0.39 is 5.97 Å². The number of carboxylic acids is 1. The molecule has 0 spiro atoms. The smallest absolute Gasteiger partial charge is 0.336 e. The van der Waals surface area contributed by atoms with Gasteiger partial charge in [-0.3, -0.25) is 4.90 Å². The minimum absolute atomic E-state index is 0.177. The highest BCUT2D eigenvalue weighted by molar-refractivity contribution is 5.89. The summed E-state index contributed by atoms with van der Waals surface area (Å²) in [6.07, 6.45) is 3.72. The highest BCUT2D eigenvalue weighted by atomic mass is 16.4. The molecule has 1 aromatic carbocycles. The Labute approximate surface area is 112 Å². The summed E-state index contributed by atoms with van der Waals surface area (Å²) in [7, 11) is 0. The molecule has 2 aliphatic heterocycles. The average Bonchev–Trinajstić information content (AvgIpc) is 2.62. The second-order valence-electron chi connectivity index (χ2n) is 5.64. The molecule has 4 heteroatoms. The summed E-state index contributed by atoms with van der Waals surface area (Å²) in [6.45, 7) is 0.685. The van der Waals surface area contributed by atoms with E-state index in [1.165, 1.54) is 0 Å². The van der Waals surface area contributed by atoms with Gasteiger partial charge < -0.3 is 10.2 Å². The van der Waals surface area contributed by atoms with Gasteiger partial charge in [0.15, 0.2) is 0 Å². The van der Waals surface area contributed by atoms with Crippen LogP contribution in [0.2, 0.25) is 0 Å². The van der Waals surface area contributed by atoms with Gasteiger partial charge in [-0.1, -0.05) is 18.2 Å². The molecule has 2 unspecified atom stereocenters. The van der Waals surface area contributed by atoms with Crippen LogP contribution in [-0.4, -0.2) is 39.3 Å². The number of nitrogens with zero attached hydrogens (tertiary/aromatic N) is 1. The van der Waals surface area contributed by atoms with E-state index >= 15 is 0 Å². The molecule has 2 saturated heterocycles. The Morgan fingerprint density at radius 2 is 1.84 bits per heavy atom. The molecule has 0 aromatic heterocycles. The van der Waals surface area contributed by atoms with Crippen LogP contribution >= 0.6 is 0 Å². The molecular formula is C15H19NO3. The van der Waals surface area contributed by atoms with Crippen LogP contribution in [-0.2, 0) is 6.54 Å². The number of hydrogen-bond acceptors (Lipinski definition) is 3. The first-order valence-electron chi connectivity index (χ1n) is 6.90. The molecule has 0 aliphatic carbocycles. The summed E-state index contributed by atoms with van der Waals surface area (Å²) < 4.78 is 0. The van der Waals surface area contributed by atoms with Gasteiger partial charge in [-0.15, -0.1) is 0 Å². The molecular weight excluding hydrogens is 242 g/mol. The van der Waals surface area contributed by atoms with Crippen LogP contribution in [0.3, 0.4) is 0 Å². The number of carbonyl (C=O) groups is 1. The summed E-state index contributed by atoms with van der Waals surface area (Å²) in [6, 6.07) is 8.04. The molecule has 2 heterocycles. The number of aliphatic hydroxyl groups excluding tert-OH is 1. The van der Waals surface area contributed by atoms with Crippen molar-refractivity contribution in [1.82, 2.24) is 4.90 Å². The Morgan fingerprint density at radius 3 is 2.47 bits per heavy atom. The van der Waals surface area contributed by atoms with Crippen LogP contribution in [0.4, 0.5) is 0 Å². The van der Waals surface area contributed by atoms with Crippen molar-refractivity contribution >= 4 is 5.97 Å². The number of hydrogen-bond donors (Lipinski definition) is 2. The molecule has 0 radical (unpaired) electrons. The third kappa shape index (κ3) is 2.38. The van der Waals surface area contributed by atoms with Crippen molar-refractivity contribution in [2.24, 2.45) is 0 Å². The van der Waals surface area contributed by atoms with Gasteiger partial charge >= 0.3 is 5.97 Å². The summed E-state index contributed by atoms with van der Waals surface area (Å²) in [5.74, 6) is -0.861. The van der Waals surface area contributed by atoms with Crippen molar-refractivity contribution in [3.63, 3.8) is 0 Å². The summed E-state index contributed by atoms with van der Waals surface area (Å²) in [4.78, 5) is 13.6. The van der Waals surface area contributed by atoms with Crippen LogP contribution in [0.15, 0.2) is 24.3 Å². The van der Waals surface area contributed by atoms with E-state index in [0.29, 0.717) is 24.2 Å². The maximum absolute atomic E-state index is 11.2. The molecule has 2 bridgehead atoms. The van der Waals surface area contributed by atoms with Gasteiger partial charge in [-0.25, -0.2) is 4.79 Å². The average molecular weight is 261 g/mol. The van der Waals surface area contributed by atoms with Crippen molar-refractivity contribution in [3.8, 4) is 0 Å². The van der Waals surface area contributed by atoms with Crippen molar-refractivity contribution in [2.75, 3.05) is 0 Å². The van der Waals surface area contributed by atoms with E-state index in [9.17, 15) is 15.0 Å². The molecule has 102 valence electrons. The van der Waals surface area contributed by atoms with Gasteiger partial charge in [0.05, 0.1) is 11.7 Å². The van der Waals surface area contributed by atoms with Crippen LogP contribution in [0.1, 0.15) is 41.6 Å². The highest BCUT2D eigenvalue weighted by Gasteiger charge is 2.40. The number of piperidine rings is 1. The summed E-state index contributed by atoms with van der Waals surface area (Å²) in [5.41, 5.74) is 1.27. The predicted molar refractivity (Wildman–Crippen MR) is 71.0 cm³/mol. The topological polar surface area (TPSA) is 60.8 Å². The van der Waals surface area contributed by atoms with Crippen LogP contribution in [0.25, 0.3) is 0 Å². The quantitative estimate of drug-likeness (QED) is 0.872. The molecule has 1 aromatic rings.